The molecule has 0 aromatic heterocycles. The average Bonchev–Trinajstić information content (AvgIpc) is 2.48. The van der Waals surface area contributed by atoms with Crippen LogP contribution in [0, 0.1) is 6.92 Å². The van der Waals surface area contributed by atoms with Crippen LogP contribution >= 0.6 is 0 Å². The summed E-state index contributed by atoms with van der Waals surface area (Å²) in [4.78, 5) is 12.0. The molecular formula is C17H20N2O2. The third-order valence-corrected chi connectivity index (χ3v) is 3.28. The first-order chi connectivity index (χ1) is 10.1. The van der Waals surface area contributed by atoms with Crippen molar-refractivity contribution < 1.29 is 9.53 Å². The Hall–Kier alpha value is -2.49. The molecule has 2 aromatic carbocycles. The van der Waals surface area contributed by atoms with Crippen molar-refractivity contribution in [3.05, 3.63) is 53.6 Å². The van der Waals surface area contributed by atoms with Gasteiger partial charge in [-0.25, -0.2) is 0 Å². The number of amides is 1. The van der Waals surface area contributed by atoms with E-state index in [-0.39, 0.29) is 5.91 Å². The summed E-state index contributed by atoms with van der Waals surface area (Å²) in [6.07, 6.45) is 1.10. The van der Waals surface area contributed by atoms with Gasteiger partial charge in [-0.2, -0.15) is 0 Å². The van der Waals surface area contributed by atoms with Crippen LogP contribution < -0.4 is 15.8 Å². The molecule has 0 bridgehead atoms. The van der Waals surface area contributed by atoms with Gasteiger partial charge in [-0.05, 0) is 48.7 Å². The van der Waals surface area contributed by atoms with Crippen molar-refractivity contribution in [3.8, 4) is 5.75 Å². The summed E-state index contributed by atoms with van der Waals surface area (Å²) in [5, 5.41) is 2.84. The van der Waals surface area contributed by atoms with Crippen LogP contribution in [0.1, 0.15) is 17.5 Å². The van der Waals surface area contributed by atoms with E-state index < -0.39 is 0 Å². The standard InChI is InChI=1S/C17H20N2O2/c1-12-3-9-16(15(18)11-12)19-17(20)10-6-13-4-7-14(21-2)8-5-13/h3-5,7-9,11H,6,10,18H2,1-2H3,(H,19,20). The number of nitrogens with one attached hydrogen (secondary N) is 1. The summed E-state index contributed by atoms with van der Waals surface area (Å²) in [6, 6.07) is 13.3. The van der Waals surface area contributed by atoms with Gasteiger partial charge in [0.25, 0.3) is 0 Å². The minimum absolute atomic E-state index is 0.0404. The monoisotopic (exact) mass is 284 g/mol. The average molecular weight is 284 g/mol. The molecule has 3 N–H and O–H groups in total. The lowest BCUT2D eigenvalue weighted by atomic mass is 10.1. The van der Waals surface area contributed by atoms with Crippen LogP contribution in [0.25, 0.3) is 0 Å². The van der Waals surface area contributed by atoms with Crippen LogP contribution in [-0.4, -0.2) is 13.0 Å². The van der Waals surface area contributed by atoms with Crippen molar-refractivity contribution >= 4 is 17.3 Å². The second-order valence-electron chi connectivity index (χ2n) is 4.99. The number of aryl methyl sites for hydroxylation is 2. The molecule has 0 fully saturated rings. The normalized spacial score (nSPS) is 10.2. The zero-order valence-electron chi connectivity index (χ0n) is 12.3. The van der Waals surface area contributed by atoms with Gasteiger partial charge in [-0.15, -0.1) is 0 Å². The predicted molar refractivity (Wildman–Crippen MR) is 85.5 cm³/mol. The van der Waals surface area contributed by atoms with Crippen LogP contribution in [0.2, 0.25) is 0 Å². The largest absolute Gasteiger partial charge is 0.497 e. The van der Waals surface area contributed by atoms with Crippen molar-refractivity contribution in [2.24, 2.45) is 0 Å². The molecule has 110 valence electrons. The first-order valence-electron chi connectivity index (χ1n) is 6.87. The fourth-order valence-corrected chi connectivity index (χ4v) is 2.06. The van der Waals surface area contributed by atoms with Crippen LogP contribution in [-0.2, 0) is 11.2 Å². The van der Waals surface area contributed by atoms with Crippen molar-refractivity contribution in [2.45, 2.75) is 19.8 Å². The number of nitrogens with two attached hydrogens (primary N) is 1. The van der Waals surface area contributed by atoms with Gasteiger partial charge in [-0.1, -0.05) is 18.2 Å². The molecule has 21 heavy (non-hydrogen) atoms. The molecule has 0 atom stereocenters. The summed E-state index contributed by atoms with van der Waals surface area (Å²) in [5.41, 5.74) is 9.31. The van der Waals surface area contributed by atoms with E-state index in [2.05, 4.69) is 5.32 Å². The number of ether oxygens (including phenoxy) is 1. The Morgan fingerprint density at radius 3 is 2.52 bits per heavy atom. The number of nitrogen functional groups attached to an aromatic ring is 1. The quantitative estimate of drug-likeness (QED) is 0.829. The predicted octanol–water partition coefficient (Wildman–Crippen LogP) is 3.16. The maximum atomic E-state index is 12.0. The molecule has 0 saturated heterocycles. The highest BCUT2D eigenvalue weighted by atomic mass is 16.5. The number of rotatable bonds is 5. The highest BCUT2D eigenvalue weighted by Gasteiger charge is 2.06. The van der Waals surface area contributed by atoms with Gasteiger partial charge in [-0.3, -0.25) is 4.79 Å². The number of carbonyl (C=O) groups is 1. The summed E-state index contributed by atoms with van der Waals surface area (Å²) in [5.74, 6) is 0.775. The van der Waals surface area contributed by atoms with Crippen LogP contribution in [0.4, 0.5) is 11.4 Å². The Morgan fingerprint density at radius 1 is 1.19 bits per heavy atom. The lowest BCUT2D eigenvalue weighted by Crippen LogP contribution is -2.13. The molecular weight excluding hydrogens is 264 g/mol. The highest BCUT2D eigenvalue weighted by molar-refractivity contribution is 5.93. The van der Waals surface area contributed by atoms with Gasteiger partial charge in [0.15, 0.2) is 0 Å². The van der Waals surface area contributed by atoms with E-state index in [9.17, 15) is 4.79 Å². The van der Waals surface area contributed by atoms with Crippen LogP contribution in [0.3, 0.4) is 0 Å². The number of anilines is 2. The Labute approximate surface area is 124 Å². The van der Waals surface area contributed by atoms with Crippen molar-refractivity contribution in [1.82, 2.24) is 0 Å². The summed E-state index contributed by atoms with van der Waals surface area (Å²) in [6.45, 7) is 1.96. The molecule has 2 rings (SSSR count). The van der Waals surface area contributed by atoms with E-state index in [1.807, 2.05) is 49.4 Å². The molecule has 0 radical (unpaired) electrons. The number of carbonyl (C=O) groups excluding carboxylic acids is 1. The SMILES string of the molecule is COc1ccc(CCC(=O)Nc2ccc(C)cc2N)cc1. The topological polar surface area (TPSA) is 64.3 Å². The van der Waals surface area contributed by atoms with Gasteiger partial charge in [0.05, 0.1) is 18.5 Å². The fourth-order valence-electron chi connectivity index (χ4n) is 2.06. The maximum Gasteiger partial charge on any atom is 0.224 e. The highest BCUT2D eigenvalue weighted by Crippen LogP contribution is 2.20. The van der Waals surface area contributed by atoms with E-state index >= 15 is 0 Å². The lowest BCUT2D eigenvalue weighted by Gasteiger charge is -2.09. The van der Waals surface area contributed by atoms with Gasteiger partial charge >= 0.3 is 0 Å². The second kappa shape index (κ2) is 6.79. The van der Waals surface area contributed by atoms with Crippen molar-refractivity contribution in [1.29, 1.82) is 0 Å². The number of methoxy groups -OCH3 is 1. The van der Waals surface area contributed by atoms with E-state index in [0.717, 1.165) is 16.9 Å². The Bertz CT molecular complexity index is 621. The van der Waals surface area contributed by atoms with E-state index in [4.69, 9.17) is 10.5 Å². The summed E-state index contributed by atoms with van der Waals surface area (Å²) >= 11 is 0. The molecule has 0 unspecified atom stereocenters. The molecule has 4 nitrogen and oxygen atoms in total. The zero-order chi connectivity index (χ0) is 15.2. The first kappa shape index (κ1) is 14.9. The molecule has 0 saturated carbocycles. The maximum absolute atomic E-state index is 12.0. The van der Waals surface area contributed by atoms with Gasteiger partial charge < -0.3 is 15.8 Å². The van der Waals surface area contributed by atoms with E-state index in [1.165, 1.54) is 0 Å². The minimum Gasteiger partial charge on any atom is -0.497 e. The Kier molecular flexibility index (Phi) is 4.82. The van der Waals surface area contributed by atoms with Gasteiger partial charge in [0.1, 0.15) is 5.75 Å². The minimum atomic E-state index is -0.0404. The third-order valence-electron chi connectivity index (χ3n) is 3.28. The van der Waals surface area contributed by atoms with Crippen LogP contribution in [0.5, 0.6) is 5.75 Å². The lowest BCUT2D eigenvalue weighted by molar-refractivity contribution is -0.116. The fraction of sp³-hybridized carbons (Fsp3) is 0.235. The number of hydrogen-bond acceptors (Lipinski definition) is 3. The molecule has 0 spiro atoms. The number of hydrogen-bond donors (Lipinski definition) is 2. The van der Waals surface area contributed by atoms with Gasteiger partial charge in [0.2, 0.25) is 5.91 Å². The van der Waals surface area contributed by atoms with Crippen molar-refractivity contribution in [2.75, 3.05) is 18.2 Å². The number of benzene rings is 2. The van der Waals surface area contributed by atoms with Crippen molar-refractivity contribution in [3.63, 3.8) is 0 Å². The Balaban J connectivity index is 1.89. The molecule has 4 heteroatoms. The van der Waals surface area contributed by atoms with Gasteiger partial charge in [0, 0.05) is 6.42 Å². The summed E-state index contributed by atoms with van der Waals surface area (Å²) in [7, 11) is 1.63. The summed E-state index contributed by atoms with van der Waals surface area (Å²) < 4.78 is 5.10. The molecule has 1 amide bonds. The molecule has 0 aliphatic carbocycles. The van der Waals surface area contributed by atoms with E-state index in [0.29, 0.717) is 24.2 Å². The van der Waals surface area contributed by atoms with Crippen LogP contribution in [0.15, 0.2) is 42.5 Å². The molecule has 0 heterocycles. The molecule has 0 aliphatic rings. The Morgan fingerprint density at radius 2 is 1.90 bits per heavy atom. The zero-order valence-corrected chi connectivity index (χ0v) is 12.3. The first-order valence-corrected chi connectivity index (χ1v) is 6.87. The molecule has 2 aromatic rings. The third kappa shape index (κ3) is 4.24. The smallest absolute Gasteiger partial charge is 0.224 e. The second-order valence-corrected chi connectivity index (χ2v) is 4.99. The molecule has 0 aliphatic heterocycles. The van der Waals surface area contributed by atoms with E-state index in [1.54, 1.807) is 7.11 Å².